The van der Waals surface area contributed by atoms with Crippen LogP contribution in [0.15, 0.2) is 0 Å². The molecule has 0 aromatic heterocycles. The second-order valence-electron chi connectivity index (χ2n) is 3.90. The number of hydrogen-bond acceptors (Lipinski definition) is 4. The fourth-order valence-corrected chi connectivity index (χ4v) is 1.76. The predicted molar refractivity (Wildman–Crippen MR) is 59.1 cm³/mol. The minimum atomic E-state index is -0.785. The molecule has 0 aromatic rings. The van der Waals surface area contributed by atoms with E-state index in [1.165, 1.54) is 7.05 Å². The normalized spacial score (nSPS) is 36.0. The van der Waals surface area contributed by atoms with Crippen LogP contribution in [0.5, 0.6) is 0 Å². The van der Waals surface area contributed by atoms with Crippen LogP contribution in [0.25, 0.3) is 0 Å². The first-order valence-electron chi connectivity index (χ1n) is 5.47. The Kier molecular flexibility index (Phi) is 4.77. The summed E-state index contributed by atoms with van der Waals surface area (Å²) in [7, 11) is 7.21. The molecule has 1 amide bonds. The van der Waals surface area contributed by atoms with Gasteiger partial charge in [0.15, 0.2) is 0 Å². The molecule has 2 radical (unpaired) electrons. The van der Waals surface area contributed by atoms with Gasteiger partial charge in [0.05, 0.1) is 6.10 Å². The van der Waals surface area contributed by atoms with Gasteiger partial charge in [-0.3, -0.25) is 4.79 Å². The number of carbonyl (C=O) groups excluding carboxylic acids is 1. The number of aliphatic hydroxyl groups is 1. The van der Waals surface area contributed by atoms with Gasteiger partial charge < -0.3 is 19.9 Å². The number of likely N-dealkylation sites (N-methyl/N-ethyl adjacent to an activating group) is 1. The SMILES string of the molecule is [B][C@@H]1O[C@H](CC)[C@H](O)C1OC(C)C(=O)NC. The number of nitrogens with one attached hydrogen (secondary N) is 1. The van der Waals surface area contributed by atoms with Crippen LogP contribution in [0.1, 0.15) is 20.3 Å². The fourth-order valence-electron chi connectivity index (χ4n) is 1.76. The molecule has 5 nitrogen and oxygen atoms in total. The van der Waals surface area contributed by atoms with E-state index < -0.39 is 24.3 Å². The Hall–Kier alpha value is -0.585. The van der Waals surface area contributed by atoms with E-state index in [1.54, 1.807) is 6.92 Å². The van der Waals surface area contributed by atoms with Crippen molar-refractivity contribution in [2.24, 2.45) is 0 Å². The lowest BCUT2D eigenvalue weighted by Gasteiger charge is -2.22. The van der Waals surface area contributed by atoms with Crippen molar-refractivity contribution in [3.63, 3.8) is 0 Å². The molecule has 0 aromatic carbocycles. The number of ether oxygens (including phenoxy) is 2. The third-order valence-electron chi connectivity index (χ3n) is 2.75. The summed E-state index contributed by atoms with van der Waals surface area (Å²) in [5.41, 5.74) is 0. The Bertz CT molecular complexity index is 251. The highest BCUT2D eigenvalue weighted by Crippen LogP contribution is 2.25. The summed E-state index contributed by atoms with van der Waals surface area (Å²) in [5.74, 6) is -0.251. The van der Waals surface area contributed by atoms with E-state index in [2.05, 4.69) is 5.32 Å². The third-order valence-corrected chi connectivity index (χ3v) is 2.75. The van der Waals surface area contributed by atoms with Gasteiger partial charge in [0.25, 0.3) is 0 Å². The van der Waals surface area contributed by atoms with Crippen LogP contribution >= 0.6 is 0 Å². The molecule has 1 heterocycles. The van der Waals surface area contributed by atoms with Gasteiger partial charge in [-0.2, -0.15) is 0 Å². The lowest BCUT2D eigenvalue weighted by molar-refractivity contribution is -0.138. The van der Waals surface area contributed by atoms with E-state index in [4.69, 9.17) is 17.3 Å². The molecule has 0 aliphatic carbocycles. The van der Waals surface area contributed by atoms with Crippen molar-refractivity contribution in [2.45, 2.75) is 50.7 Å². The van der Waals surface area contributed by atoms with Crippen molar-refractivity contribution in [2.75, 3.05) is 7.05 Å². The summed E-state index contributed by atoms with van der Waals surface area (Å²) < 4.78 is 10.7. The molecule has 2 unspecified atom stereocenters. The molecule has 0 saturated carbocycles. The van der Waals surface area contributed by atoms with Gasteiger partial charge in [-0.25, -0.2) is 0 Å². The van der Waals surface area contributed by atoms with Crippen molar-refractivity contribution in [1.82, 2.24) is 5.32 Å². The Morgan fingerprint density at radius 3 is 2.75 bits per heavy atom. The van der Waals surface area contributed by atoms with Crippen molar-refractivity contribution in [3.05, 3.63) is 0 Å². The number of rotatable bonds is 4. The summed E-state index contributed by atoms with van der Waals surface area (Å²) in [6.07, 6.45) is -1.76. The Balaban J connectivity index is 2.57. The topological polar surface area (TPSA) is 67.8 Å². The van der Waals surface area contributed by atoms with Gasteiger partial charge in [-0.05, 0) is 13.3 Å². The number of hydrogen-bond donors (Lipinski definition) is 2. The lowest BCUT2D eigenvalue weighted by atomic mass is 9.92. The summed E-state index contributed by atoms with van der Waals surface area (Å²) >= 11 is 0. The van der Waals surface area contributed by atoms with Gasteiger partial charge in [-0.1, -0.05) is 6.92 Å². The van der Waals surface area contributed by atoms with Gasteiger partial charge in [0.1, 0.15) is 26.2 Å². The van der Waals surface area contributed by atoms with Gasteiger partial charge in [0.2, 0.25) is 5.91 Å². The Morgan fingerprint density at radius 1 is 1.69 bits per heavy atom. The second-order valence-corrected chi connectivity index (χ2v) is 3.90. The minimum Gasteiger partial charge on any atom is -0.388 e. The van der Waals surface area contributed by atoms with Crippen LogP contribution in [0.3, 0.4) is 0 Å². The van der Waals surface area contributed by atoms with E-state index in [0.29, 0.717) is 6.42 Å². The monoisotopic (exact) mass is 227 g/mol. The minimum absolute atomic E-state index is 0.251. The average molecular weight is 227 g/mol. The Morgan fingerprint density at radius 2 is 2.31 bits per heavy atom. The molecular weight excluding hydrogens is 209 g/mol. The molecule has 5 atom stereocenters. The van der Waals surface area contributed by atoms with Crippen molar-refractivity contribution >= 4 is 13.8 Å². The molecule has 16 heavy (non-hydrogen) atoms. The van der Waals surface area contributed by atoms with Crippen molar-refractivity contribution < 1.29 is 19.4 Å². The largest absolute Gasteiger partial charge is 0.388 e. The van der Waals surface area contributed by atoms with Crippen molar-refractivity contribution in [3.8, 4) is 0 Å². The fraction of sp³-hybridized carbons (Fsp3) is 0.900. The van der Waals surface area contributed by atoms with Crippen LogP contribution in [0, 0.1) is 0 Å². The summed E-state index contributed by atoms with van der Waals surface area (Å²) in [5, 5.41) is 12.3. The highest BCUT2D eigenvalue weighted by Gasteiger charge is 2.41. The second kappa shape index (κ2) is 5.66. The number of amides is 1. The lowest BCUT2D eigenvalue weighted by Crippen LogP contribution is -2.42. The smallest absolute Gasteiger partial charge is 0.248 e. The molecule has 90 valence electrons. The standard InChI is InChI=1S/C10H18BNO4/c1-4-6-7(13)8(9(11)16-6)15-5(2)10(14)12-3/h5-9,13H,4H2,1-3H3,(H,12,14)/t5?,6-,7+,8?,9-/m1/s1. The predicted octanol–water partition coefficient (Wildman–Crippen LogP) is -0.830. The van der Waals surface area contributed by atoms with Crippen LogP contribution in [-0.4, -0.2) is 56.3 Å². The molecule has 1 aliphatic rings. The van der Waals surface area contributed by atoms with E-state index in [9.17, 15) is 9.90 Å². The first-order chi connectivity index (χ1) is 7.51. The summed E-state index contributed by atoms with van der Waals surface area (Å²) in [4.78, 5) is 11.3. The first kappa shape index (κ1) is 13.5. The number of carbonyl (C=O) groups is 1. The molecular formula is C10H18BNO4. The highest BCUT2D eigenvalue weighted by molar-refractivity contribution is 6.11. The zero-order chi connectivity index (χ0) is 12.3. The first-order valence-corrected chi connectivity index (χ1v) is 5.47. The number of aliphatic hydroxyl groups excluding tert-OH is 1. The Labute approximate surface area is 96.9 Å². The molecule has 6 heteroatoms. The van der Waals surface area contributed by atoms with Gasteiger partial charge in [-0.15, -0.1) is 0 Å². The van der Waals surface area contributed by atoms with Gasteiger partial charge in [0, 0.05) is 13.1 Å². The third kappa shape index (κ3) is 2.75. The maximum Gasteiger partial charge on any atom is 0.248 e. The van der Waals surface area contributed by atoms with E-state index in [1.807, 2.05) is 6.92 Å². The summed E-state index contributed by atoms with van der Waals surface area (Å²) in [6, 6.07) is -0.688. The van der Waals surface area contributed by atoms with Crippen LogP contribution in [-0.2, 0) is 14.3 Å². The van der Waals surface area contributed by atoms with E-state index >= 15 is 0 Å². The highest BCUT2D eigenvalue weighted by atomic mass is 16.6. The molecule has 2 N–H and O–H groups in total. The summed E-state index contributed by atoms with van der Waals surface area (Å²) in [6.45, 7) is 3.50. The van der Waals surface area contributed by atoms with Crippen LogP contribution in [0.2, 0.25) is 0 Å². The molecule has 0 bridgehead atoms. The van der Waals surface area contributed by atoms with E-state index in [0.717, 1.165) is 0 Å². The van der Waals surface area contributed by atoms with E-state index in [-0.39, 0.29) is 12.0 Å². The zero-order valence-electron chi connectivity index (χ0n) is 9.84. The molecule has 0 spiro atoms. The maximum absolute atomic E-state index is 11.3. The maximum atomic E-state index is 11.3. The zero-order valence-corrected chi connectivity index (χ0v) is 9.84. The molecule has 1 fully saturated rings. The average Bonchev–Trinajstić information content (AvgIpc) is 2.55. The molecule has 1 saturated heterocycles. The molecule has 1 rings (SSSR count). The van der Waals surface area contributed by atoms with Crippen molar-refractivity contribution in [1.29, 1.82) is 0 Å². The van der Waals surface area contributed by atoms with Crippen LogP contribution in [0.4, 0.5) is 0 Å². The van der Waals surface area contributed by atoms with Crippen LogP contribution < -0.4 is 5.32 Å². The molecule has 1 aliphatic heterocycles. The van der Waals surface area contributed by atoms with Gasteiger partial charge >= 0.3 is 0 Å². The quantitative estimate of drug-likeness (QED) is 0.615.